The molecule has 2 rings (SSSR count). The van der Waals surface area contributed by atoms with E-state index in [0.717, 1.165) is 25.0 Å². The first kappa shape index (κ1) is 8.98. The van der Waals surface area contributed by atoms with Crippen LogP contribution in [0.5, 0.6) is 0 Å². The Bertz CT molecular complexity index is 227. The second-order valence-corrected chi connectivity index (χ2v) is 4.32. The second-order valence-electron chi connectivity index (χ2n) is 4.32. The first-order valence-electron chi connectivity index (χ1n) is 5.56. The molecular formula is C12H18O. The normalized spacial score (nSPS) is 27.5. The molecule has 0 amide bonds. The number of aldehydes is 1. The topological polar surface area (TPSA) is 17.1 Å². The van der Waals surface area contributed by atoms with Crippen molar-refractivity contribution in [3.05, 3.63) is 11.1 Å². The van der Waals surface area contributed by atoms with Gasteiger partial charge >= 0.3 is 0 Å². The predicted octanol–water partition coefficient (Wildman–Crippen LogP) is 3.25. The highest BCUT2D eigenvalue weighted by molar-refractivity contribution is 5.50. The Kier molecular flexibility index (Phi) is 2.82. The van der Waals surface area contributed by atoms with E-state index in [-0.39, 0.29) is 0 Å². The highest BCUT2D eigenvalue weighted by atomic mass is 16.1. The maximum Gasteiger partial charge on any atom is 0.120 e. The van der Waals surface area contributed by atoms with Gasteiger partial charge in [0.05, 0.1) is 0 Å². The van der Waals surface area contributed by atoms with Crippen molar-refractivity contribution < 1.29 is 4.79 Å². The van der Waals surface area contributed by atoms with Gasteiger partial charge < -0.3 is 4.79 Å². The third-order valence-corrected chi connectivity index (χ3v) is 3.54. The van der Waals surface area contributed by atoms with Crippen molar-refractivity contribution in [2.45, 2.75) is 51.4 Å². The Labute approximate surface area is 80.2 Å². The van der Waals surface area contributed by atoms with E-state index >= 15 is 0 Å². The highest BCUT2D eigenvalue weighted by Gasteiger charge is 2.26. The van der Waals surface area contributed by atoms with Crippen LogP contribution in [0.25, 0.3) is 0 Å². The molecule has 1 heteroatoms. The Morgan fingerprint density at radius 1 is 1.23 bits per heavy atom. The van der Waals surface area contributed by atoms with E-state index in [0.29, 0.717) is 0 Å². The zero-order valence-electron chi connectivity index (χ0n) is 8.22. The summed E-state index contributed by atoms with van der Waals surface area (Å²) in [5, 5.41) is 0. The Balaban J connectivity index is 2.07. The summed E-state index contributed by atoms with van der Waals surface area (Å²) >= 11 is 0. The number of carbonyl (C=O) groups is 1. The molecule has 1 unspecified atom stereocenters. The fourth-order valence-electron chi connectivity index (χ4n) is 2.94. The summed E-state index contributed by atoms with van der Waals surface area (Å²) in [7, 11) is 0. The number of hydrogen-bond acceptors (Lipinski definition) is 1. The van der Waals surface area contributed by atoms with Crippen molar-refractivity contribution in [2.24, 2.45) is 5.92 Å². The van der Waals surface area contributed by atoms with E-state index in [1.165, 1.54) is 38.5 Å². The Morgan fingerprint density at radius 3 is 2.77 bits per heavy atom. The van der Waals surface area contributed by atoms with Crippen molar-refractivity contribution in [3.8, 4) is 0 Å². The molecule has 1 fully saturated rings. The molecule has 2 aliphatic rings. The van der Waals surface area contributed by atoms with Crippen molar-refractivity contribution in [3.63, 3.8) is 0 Å². The molecule has 0 saturated heterocycles. The lowest BCUT2D eigenvalue weighted by Gasteiger charge is -2.23. The van der Waals surface area contributed by atoms with Crippen molar-refractivity contribution in [2.75, 3.05) is 0 Å². The Morgan fingerprint density at radius 2 is 2.00 bits per heavy atom. The van der Waals surface area contributed by atoms with Gasteiger partial charge in [-0.25, -0.2) is 0 Å². The molecule has 1 atom stereocenters. The number of allylic oxidation sites excluding steroid dienone is 2. The lowest BCUT2D eigenvalue weighted by Crippen LogP contribution is -2.07. The van der Waals surface area contributed by atoms with Gasteiger partial charge in [-0.2, -0.15) is 0 Å². The smallest absolute Gasteiger partial charge is 0.120 e. The average molecular weight is 178 g/mol. The van der Waals surface area contributed by atoms with Gasteiger partial charge in [-0.1, -0.05) is 11.1 Å². The zero-order chi connectivity index (χ0) is 9.10. The lowest BCUT2D eigenvalue weighted by molar-refractivity contribution is -0.107. The first-order valence-corrected chi connectivity index (χ1v) is 5.56. The largest absolute Gasteiger partial charge is 0.303 e. The standard InChI is InChI=1S/C12H18O/c13-9-3-7-11-5-1-4-10-6-2-8-12(10)11/h9-10H,1-8H2. The van der Waals surface area contributed by atoms with E-state index in [4.69, 9.17) is 0 Å². The van der Waals surface area contributed by atoms with Crippen LogP contribution in [0.1, 0.15) is 51.4 Å². The number of fused-ring (bicyclic) bond motifs is 1. The third-order valence-electron chi connectivity index (χ3n) is 3.54. The Hall–Kier alpha value is -0.590. The second kappa shape index (κ2) is 4.08. The van der Waals surface area contributed by atoms with E-state index in [1.54, 1.807) is 11.1 Å². The maximum absolute atomic E-state index is 10.3. The van der Waals surface area contributed by atoms with Crippen molar-refractivity contribution in [1.29, 1.82) is 0 Å². The summed E-state index contributed by atoms with van der Waals surface area (Å²) in [4.78, 5) is 10.3. The predicted molar refractivity (Wildman–Crippen MR) is 53.5 cm³/mol. The highest BCUT2D eigenvalue weighted by Crippen LogP contribution is 2.42. The van der Waals surface area contributed by atoms with Crippen LogP contribution in [0.15, 0.2) is 11.1 Å². The molecule has 0 aromatic carbocycles. The van der Waals surface area contributed by atoms with Crippen LogP contribution >= 0.6 is 0 Å². The van der Waals surface area contributed by atoms with Crippen LogP contribution in [-0.2, 0) is 4.79 Å². The minimum atomic E-state index is 0.742. The molecule has 1 nitrogen and oxygen atoms in total. The molecule has 1 saturated carbocycles. The van der Waals surface area contributed by atoms with Gasteiger partial charge in [0.15, 0.2) is 0 Å². The fourth-order valence-corrected chi connectivity index (χ4v) is 2.94. The minimum absolute atomic E-state index is 0.742. The molecule has 72 valence electrons. The molecule has 13 heavy (non-hydrogen) atoms. The summed E-state index contributed by atoms with van der Waals surface area (Å²) in [6.45, 7) is 0. The maximum atomic E-state index is 10.3. The van der Waals surface area contributed by atoms with Gasteiger partial charge in [-0.15, -0.1) is 0 Å². The van der Waals surface area contributed by atoms with Crippen LogP contribution < -0.4 is 0 Å². The summed E-state index contributed by atoms with van der Waals surface area (Å²) in [6.07, 6.45) is 11.1. The molecular weight excluding hydrogens is 160 g/mol. The molecule has 0 spiro atoms. The summed E-state index contributed by atoms with van der Waals surface area (Å²) < 4.78 is 0. The fraction of sp³-hybridized carbons (Fsp3) is 0.750. The van der Waals surface area contributed by atoms with E-state index < -0.39 is 0 Å². The molecule has 0 N–H and O–H groups in total. The summed E-state index contributed by atoms with van der Waals surface area (Å²) in [5.74, 6) is 0.912. The van der Waals surface area contributed by atoms with Crippen LogP contribution in [0.2, 0.25) is 0 Å². The average Bonchev–Trinajstić information content (AvgIpc) is 2.62. The number of rotatable bonds is 3. The monoisotopic (exact) mass is 178 g/mol. The molecule has 0 bridgehead atoms. The first-order chi connectivity index (χ1) is 6.42. The quantitative estimate of drug-likeness (QED) is 0.479. The molecule has 2 aliphatic carbocycles. The van der Waals surface area contributed by atoms with E-state index in [1.807, 2.05) is 0 Å². The number of carbonyl (C=O) groups excluding carboxylic acids is 1. The van der Waals surface area contributed by atoms with Crippen molar-refractivity contribution >= 4 is 6.29 Å². The minimum Gasteiger partial charge on any atom is -0.303 e. The van der Waals surface area contributed by atoms with Gasteiger partial charge in [0.25, 0.3) is 0 Å². The summed E-state index contributed by atoms with van der Waals surface area (Å²) in [6, 6.07) is 0. The van der Waals surface area contributed by atoms with Gasteiger partial charge in [-0.3, -0.25) is 0 Å². The van der Waals surface area contributed by atoms with Gasteiger partial charge in [0.1, 0.15) is 6.29 Å². The van der Waals surface area contributed by atoms with E-state index in [9.17, 15) is 4.79 Å². The van der Waals surface area contributed by atoms with Crippen LogP contribution in [0.3, 0.4) is 0 Å². The van der Waals surface area contributed by atoms with Crippen LogP contribution in [0.4, 0.5) is 0 Å². The van der Waals surface area contributed by atoms with Gasteiger partial charge in [0, 0.05) is 6.42 Å². The van der Waals surface area contributed by atoms with E-state index in [2.05, 4.69) is 0 Å². The summed E-state index contributed by atoms with van der Waals surface area (Å²) in [5.41, 5.74) is 3.38. The SMILES string of the molecule is O=CCCC1=C2CCCC2CCC1. The molecule has 0 aromatic heterocycles. The number of hydrogen-bond donors (Lipinski definition) is 0. The third kappa shape index (κ3) is 1.84. The van der Waals surface area contributed by atoms with Gasteiger partial charge in [0.2, 0.25) is 0 Å². The van der Waals surface area contributed by atoms with Crippen molar-refractivity contribution in [1.82, 2.24) is 0 Å². The molecule has 0 radical (unpaired) electrons. The lowest BCUT2D eigenvalue weighted by atomic mass is 9.83. The molecule has 0 aromatic rings. The molecule has 0 heterocycles. The van der Waals surface area contributed by atoms with Crippen LogP contribution in [0, 0.1) is 5.92 Å². The zero-order valence-corrected chi connectivity index (χ0v) is 8.22. The van der Waals surface area contributed by atoms with Crippen LogP contribution in [-0.4, -0.2) is 6.29 Å². The van der Waals surface area contributed by atoms with Gasteiger partial charge in [-0.05, 0) is 50.9 Å². The molecule has 0 aliphatic heterocycles.